The molecule has 63 heavy (non-hydrogen) atoms. The lowest BCUT2D eigenvalue weighted by Gasteiger charge is -2.09. The molecule has 8 nitrogen and oxygen atoms in total. The molecule has 8 aromatic rings. The zero-order chi connectivity index (χ0) is 44.9. The lowest BCUT2D eigenvalue weighted by Crippen LogP contribution is -2.04. The first-order valence-electron chi connectivity index (χ1n) is 20.2. The van der Waals surface area contributed by atoms with Crippen LogP contribution < -0.4 is 9.47 Å². The highest BCUT2D eigenvalue weighted by Crippen LogP contribution is 2.37. The number of benzene rings is 6. The number of aryl methyl sites for hydroxylation is 2. The fraction of sp³-hybridized carbons (Fsp3) is 0.176. The van der Waals surface area contributed by atoms with Crippen LogP contribution in [0.25, 0.3) is 44.1 Å². The summed E-state index contributed by atoms with van der Waals surface area (Å²) in [7, 11) is 1.38. The lowest BCUT2D eigenvalue weighted by molar-refractivity contribution is 0.0598. The van der Waals surface area contributed by atoms with Crippen LogP contribution in [0.4, 0.5) is 8.78 Å². The summed E-state index contributed by atoms with van der Waals surface area (Å²) in [4.78, 5) is 30.1. The molecule has 12 heteroatoms. The molecule has 3 N–H and O–H groups in total. The van der Waals surface area contributed by atoms with Gasteiger partial charge in [-0.1, -0.05) is 47.5 Å². The largest absolute Gasteiger partial charge is 0.494 e. The normalized spacial score (nSPS) is 11.1. The fourth-order valence-corrected chi connectivity index (χ4v) is 8.06. The molecule has 2 aromatic heterocycles. The number of halogens is 4. The fourth-order valence-electron chi connectivity index (χ4n) is 7.53. The summed E-state index contributed by atoms with van der Waals surface area (Å²) in [6.07, 6.45) is 1.14. The molecule has 0 saturated heterocycles. The minimum Gasteiger partial charge on any atom is -0.494 e. The average molecular weight is 890 g/mol. The van der Waals surface area contributed by atoms with Crippen molar-refractivity contribution in [3.63, 3.8) is 0 Å². The molecular weight excluding hydrogens is 845 g/mol. The van der Waals surface area contributed by atoms with Gasteiger partial charge in [-0.3, -0.25) is 0 Å². The van der Waals surface area contributed by atoms with E-state index >= 15 is 0 Å². The van der Waals surface area contributed by atoms with Crippen molar-refractivity contribution in [1.29, 1.82) is 0 Å². The Morgan fingerprint density at radius 2 is 1.03 bits per heavy atom. The predicted octanol–water partition coefficient (Wildman–Crippen LogP) is 13.3. The van der Waals surface area contributed by atoms with Crippen molar-refractivity contribution in [2.24, 2.45) is 0 Å². The van der Waals surface area contributed by atoms with Crippen LogP contribution in [0.15, 0.2) is 109 Å². The molecule has 0 fully saturated rings. The average Bonchev–Trinajstić information content (AvgIpc) is 3.83. The van der Waals surface area contributed by atoms with Crippen molar-refractivity contribution >= 4 is 56.9 Å². The van der Waals surface area contributed by atoms with E-state index in [-0.39, 0.29) is 11.8 Å². The van der Waals surface area contributed by atoms with Crippen LogP contribution in [0.2, 0.25) is 10.0 Å². The zero-order valence-electron chi connectivity index (χ0n) is 35.2. The smallest absolute Gasteiger partial charge is 0.338 e. The summed E-state index contributed by atoms with van der Waals surface area (Å²) in [5, 5.41) is 12.1. The molecule has 6 aromatic carbocycles. The molecule has 322 valence electrons. The first kappa shape index (κ1) is 44.4. The second-order valence-electron chi connectivity index (χ2n) is 15.0. The summed E-state index contributed by atoms with van der Waals surface area (Å²) >= 11 is 13.0. The van der Waals surface area contributed by atoms with E-state index in [1.165, 1.54) is 19.2 Å². The number of aromatic carboxylic acids is 1. The number of hydrogen-bond acceptors (Lipinski definition) is 5. The summed E-state index contributed by atoms with van der Waals surface area (Å²) in [6.45, 7) is 8.29. The van der Waals surface area contributed by atoms with Gasteiger partial charge in [0.05, 0.1) is 41.5 Å². The van der Waals surface area contributed by atoms with E-state index in [1.807, 2.05) is 75.4 Å². The SMILES string of the molecule is CCOc1ccc(-c2cc3cc(Cc4ccc(C)c(C(=O)O)c4)[nH]c3cc2Cl)c(F)c1.CCOc1ccc(-c2cc3cc(Cc4ccc(C)c(C(=O)OC)c4)[nH]c3cc2Cl)c(F)c1. The maximum atomic E-state index is 14.7. The highest BCUT2D eigenvalue weighted by molar-refractivity contribution is 6.34. The van der Waals surface area contributed by atoms with Gasteiger partial charge in [0.1, 0.15) is 23.1 Å². The van der Waals surface area contributed by atoms with Gasteiger partial charge in [0.2, 0.25) is 0 Å². The van der Waals surface area contributed by atoms with Gasteiger partial charge in [0, 0.05) is 80.4 Å². The second kappa shape index (κ2) is 19.2. The molecule has 0 aliphatic rings. The first-order chi connectivity index (χ1) is 30.2. The van der Waals surface area contributed by atoms with E-state index in [4.69, 9.17) is 37.4 Å². The van der Waals surface area contributed by atoms with Crippen molar-refractivity contribution < 1.29 is 37.7 Å². The van der Waals surface area contributed by atoms with Crippen molar-refractivity contribution in [2.45, 2.75) is 40.5 Å². The van der Waals surface area contributed by atoms with Crippen molar-refractivity contribution in [2.75, 3.05) is 20.3 Å². The van der Waals surface area contributed by atoms with Crippen LogP contribution in [0.1, 0.15) is 68.2 Å². The summed E-state index contributed by atoms with van der Waals surface area (Å²) in [5.41, 5.74) is 9.92. The number of rotatable bonds is 12. The van der Waals surface area contributed by atoms with Gasteiger partial charge < -0.3 is 29.3 Å². The number of carboxylic acids is 1. The Bertz CT molecular complexity index is 3010. The zero-order valence-corrected chi connectivity index (χ0v) is 36.7. The number of aromatic amines is 2. The minimum absolute atomic E-state index is 0.296. The van der Waals surface area contributed by atoms with E-state index in [2.05, 4.69) is 9.97 Å². The molecule has 2 heterocycles. The van der Waals surface area contributed by atoms with E-state index in [0.717, 1.165) is 55.4 Å². The molecule has 0 aliphatic heterocycles. The van der Waals surface area contributed by atoms with Crippen LogP contribution >= 0.6 is 23.2 Å². The van der Waals surface area contributed by atoms with Gasteiger partial charge in [-0.15, -0.1) is 0 Å². The number of H-pyrrole nitrogens is 2. The maximum Gasteiger partial charge on any atom is 0.338 e. The third kappa shape index (κ3) is 10.0. The van der Waals surface area contributed by atoms with Crippen LogP contribution in [0, 0.1) is 25.5 Å². The number of carbonyl (C=O) groups excluding carboxylic acids is 1. The highest BCUT2D eigenvalue weighted by Gasteiger charge is 2.17. The Kier molecular flexibility index (Phi) is 13.5. The van der Waals surface area contributed by atoms with Gasteiger partial charge in [-0.25, -0.2) is 18.4 Å². The molecule has 0 spiro atoms. The van der Waals surface area contributed by atoms with Gasteiger partial charge in [0.25, 0.3) is 0 Å². The monoisotopic (exact) mass is 888 g/mol. The molecule has 0 amide bonds. The van der Waals surface area contributed by atoms with E-state index in [9.17, 15) is 23.5 Å². The molecule has 0 unspecified atom stereocenters. The lowest BCUT2D eigenvalue weighted by atomic mass is 10.0. The second-order valence-corrected chi connectivity index (χ2v) is 15.8. The van der Waals surface area contributed by atoms with Crippen molar-refractivity contribution in [3.05, 3.63) is 176 Å². The Morgan fingerprint density at radius 3 is 1.44 bits per heavy atom. The number of fused-ring (bicyclic) bond motifs is 2. The number of ether oxygens (including phenoxy) is 3. The van der Waals surface area contributed by atoms with Crippen molar-refractivity contribution in [1.82, 2.24) is 9.97 Å². The Labute approximate surface area is 373 Å². The van der Waals surface area contributed by atoms with Crippen LogP contribution in [0.3, 0.4) is 0 Å². The van der Waals surface area contributed by atoms with E-state index < -0.39 is 11.8 Å². The highest BCUT2D eigenvalue weighted by atomic mass is 35.5. The molecule has 0 atom stereocenters. The standard InChI is InChI=1S/C26H23ClFNO3.C25H21ClFNO3/c1-4-32-19-7-8-20(24(28)13-19)22-12-17-11-18(29-25(17)14-23(22)27)9-16-6-5-15(2)21(10-16)26(30)31-3;1-3-31-18-6-7-19(23(27)12-18)21-11-16-10-17(28-24(16)13-22(21)26)8-15-5-4-14(2)20(9-15)25(29)30/h5-8,10-14,29H,4,9H2,1-3H3;4-7,9-13,28H,3,8H2,1-2H3,(H,29,30). The summed E-state index contributed by atoms with van der Waals surface area (Å²) < 4.78 is 45.0. The molecule has 0 aliphatic carbocycles. The summed E-state index contributed by atoms with van der Waals surface area (Å²) in [5.74, 6) is -1.12. The number of esters is 1. The third-order valence-electron chi connectivity index (χ3n) is 10.6. The third-order valence-corrected chi connectivity index (χ3v) is 11.3. The Hall–Kier alpha value is -6.62. The van der Waals surface area contributed by atoms with E-state index in [1.54, 1.807) is 49.4 Å². The minimum atomic E-state index is -0.940. The predicted molar refractivity (Wildman–Crippen MR) is 246 cm³/mol. The van der Waals surface area contributed by atoms with Gasteiger partial charge in [0.15, 0.2) is 0 Å². The molecule has 0 radical (unpaired) electrons. The number of carbonyl (C=O) groups is 2. The molecule has 0 bridgehead atoms. The first-order valence-corrected chi connectivity index (χ1v) is 21.0. The molecule has 8 rings (SSSR count). The van der Waals surface area contributed by atoms with Gasteiger partial charge >= 0.3 is 11.9 Å². The number of carboxylic acid groups (broad SMARTS) is 1. The molecular formula is C51H44Cl2F2N2O6. The Balaban J connectivity index is 0.000000189. The number of nitrogens with one attached hydrogen (secondary N) is 2. The van der Waals surface area contributed by atoms with Crippen LogP contribution in [0.5, 0.6) is 11.5 Å². The number of hydrogen-bond donors (Lipinski definition) is 3. The van der Waals surface area contributed by atoms with Gasteiger partial charge in [-0.2, -0.15) is 0 Å². The van der Waals surface area contributed by atoms with Crippen LogP contribution in [-0.2, 0) is 17.6 Å². The number of methoxy groups -OCH3 is 1. The molecule has 0 saturated carbocycles. The number of aromatic nitrogens is 2. The summed E-state index contributed by atoms with van der Waals surface area (Å²) in [6, 6.07) is 32.0. The topological polar surface area (TPSA) is 114 Å². The van der Waals surface area contributed by atoms with E-state index in [0.29, 0.717) is 81.0 Å². The van der Waals surface area contributed by atoms with Crippen molar-refractivity contribution in [3.8, 4) is 33.8 Å². The maximum absolute atomic E-state index is 14.7. The van der Waals surface area contributed by atoms with Crippen LogP contribution in [-0.4, -0.2) is 47.3 Å². The quantitative estimate of drug-likeness (QED) is 0.105. The van der Waals surface area contributed by atoms with Gasteiger partial charge in [-0.05, 0) is 123 Å². The Morgan fingerprint density at radius 1 is 0.587 bits per heavy atom.